The van der Waals surface area contributed by atoms with Crippen LogP contribution in [-0.4, -0.2) is 17.9 Å². The SMILES string of the molecule is CC[C@H](C)[C@H](NC(=O)c1cccc(Br)c1)C(N)=O. The Balaban J connectivity index is 2.82. The Morgan fingerprint density at radius 1 is 1.44 bits per heavy atom. The van der Waals surface area contributed by atoms with E-state index in [-0.39, 0.29) is 11.8 Å². The molecule has 1 aromatic carbocycles. The van der Waals surface area contributed by atoms with E-state index in [1.165, 1.54) is 0 Å². The average molecular weight is 313 g/mol. The molecule has 0 aliphatic carbocycles. The molecule has 4 nitrogen and oxygen atoms in total. The minimum absolute atomic E-state index is 0.0126. The highest BCUT2D eigenvalue weighted by atomic mass is 79.9. The lowest BCUT2D eigenvalue weighted by Crippen LogP contribution is -2.48. The topological polar surface area (TPSA) is 72.2 Å². The van der Waals surface area contributed by atoms with Gasteiger partial charge in [0.15, 0.2) is 0 Å². The quantitative estimate of drug-likeness (QED) is 0.873. The lowest BCUT2D eigenvalue weighted by molar-refractivity contribution is -0.120. The molecule has 0 unspecified atom stereocenters. The zero-order valence-electron chi connectivity index (χ0n) is 10.4. The standard InChI is InChI=1S/C13H17BrN2O2/c1-3-8(2)11(12(15)17)16-13(18)9-5-4-6-10(14)7-9/h4-8,11H,3H2,1-2H3,(H2,15,17)(H,16,18)/t8-,11-/m0/s1. The van der Waals surface area contributed by atoms with Gasteiger partial charge in [-0.2, -0.15) is 0 Å². The van der Waals surface area contributed by atoms with E-state index in [1.54, 1.807) is 18.2 Å². The zero-order valence-corrected chi connectivity index (χ0v) is 12.0. The molecule has 0 saturated carbocycles. The first-order chi connectivity index (χ1) is 8.45. The van der Waals surface area contributed by atoms with Crippen molar-refractivity contribution in [3.05, 3.63) is 34.3 Å². The van der Waals surface area contributed by atoms with Crippen LogP contribution in [0.1, 0.15) is 30.6 Å². The van der Waals surface area contributed by atoms with Gasteiger partial charge in [0, 0.05) is 10.0 Å². The molecule has 0 heterocycles. The fourth-order valence-electron chi connectivity index (χ4n) is 1.58. The van der Waals surface area contributed by atoms with Crippen molar-refractivity contribution in [2.24, 2.45) is 11.7 Å². The van der Waals surface area contributed by atoms with Crippen LogP contribution in [0.25, 0.3) is 0 Å². The Hall–Kier alpha value is -1.36. The van der Waals surface area contributed by atoms with Gasteiger partial charge in [-0.25, -0.2) is 0 Å². The molecule has 5 heteroatoms. The maximum absolute atomic E-state index is 12.0. The van der Waals surface area contributed by atoms with E-state index < -0.39 is 11.9 Å². The Bertz CT molecular complexity index is 448. The summed E-state index contributed by atoms with van der Waals surface area (Å²) in [7, 11) is 0. The van der Waals surface area contributed by atoms with Crippen molar-refractivity contribution in [2.75, 3.05) is 0 Å². The summed E-state index contributed by atoms with van der Waals surface area (Å²) in [5.74, 6) is -0.785. The number of nitrogens with one attached hydrogen (secondary N) is 1. The third-order valence-corrected chi connectivity index (χ3v) is 3.39. The predicted molar refractivity (Wildman–Crippen MR) is 74.0 cm³/mol. The number of carbonyl (C=O) groups is 2. The predicted octanol–water partition coefficient (Wildman–Crippen LogP) is 2.08. The molecule has 1 rings (SSSR count). The van der Waals surface area contributed by atoms with Crippen LogP contribution in [0.5, 0.6) is 0 Å². The van der Waals surface area contributed by atoms with Crippen LogP contribution < -0.4 is 11.1 Å². The molecule has 0 aliphatic heterocycles. The Morgan fingerprint density at radius 2 is 2.11 bits per heavy atom. The van der Waals surface area contributed by atoms with Gasteiger partial charge in [0.2, 0.25) is 5.91 Å². The van der Waals surface area contributed by atoms with Crippen molar-refractivity contribution >= 4 is 27.7 Å². The van der Waals surface area contributed by atoms with Gasteiger partial charge in [-0.15, -0.1) is 0 Å². The molecule has 0 radical (unpaired) electrons. The van der Waals surface area contributed by atoms with Gasteiger partial charge >= 0.3 is 0 Å². The van der Waals surface area contributed by atoms with E-state index in [1.807, 2.05) is 19.9 Å². The third-order valence-electron chi connectivity index (χ3n) is 2.89. The molecule has 2 atom stereocenters. The number of hydrogen-bond acceptors (Lipinski definition) is 2. The second-order valence-corrected chi connectivity index (χ2v) is 5.17. The summed E-state index contributed by atoms with van der Waals surface area (Å²) in [6.07, 6.45) is 0.770. The molecule has 98 valence electrons. The van der Waals surface area contributed by atoms with E-state index in [4.69, 9.17) is 5.73 Å². The van der Waals surface area contributed by atoms with Crippen LogP contribution in [0.4, 0.5) is 0 Å². The highest BCUT2D eigenvalue weighted by molar-refractivity contribution is 9.10. The first kappa shape index (κ1) is 14.7. The zero-order chi connectivity index (χ0) is 13.7. The second-order valence-electron chi connectivity index (χ2n) is 4.25. The smallest absolute Gasteiger partial charge is 0.251 e. The maximum Gasteiger partial charge on any atom is 0.251 e. The van der Waals surface area contributed by atoms with Crippen LogP contribution in [0.3, 0.4) is 0 Å². The summed E-state index contributed by atoms with van der Waals surface area (Å²) >= 11 is 3.30. The van der Waals surface area contributed by atoms with Crippen LogP contribution in [0, 0.1) is 5.92 Å². The maximum atomic E-state index is 12.0. The molecule has 0 saturated heterocycles. The largest absolute Gasteiger partial charge is 0.368 e. The lowest BCUT2D eigenvalue weighted by Gasteiger charge is -2.21. The van der Waals surface area contributed by atoms with E-state index in [0.29, 0.717) is 5.56 Å². The molecule has 0 spiro atoms. The molecular formula is C13H17BrN2O2. The van der Waals surface area contributed by atoms with E-state index in [9.17, 15) is 9.59 Å². The number of benzene rings is 1. The van der Waals surface area contributed by atoms with Crippen molar-refractivity contribution in [3.63, 3.8) is 0 Å². The minimum Gasteiger partial charge on any atom is -0.368 e. The Morgan fingerprint density at radius 3 is 2.61 bits per heavy atom. The first-order valence-corrected chi connectivity index (χ1v) is 6.60. The normalized spacial score (nSPS) is 13.7. The monoisotopic (exact) mass is 312 g/mol. The third kappa shape index (κ3) is 3.84. The molecule has 0 aliphatic rings. The Labute approximate surface area is 115 Å². The van der Waals surface area contributed by atoms with Gasteiger partial charge in [0.05, 0.1) is 0 Å². The highest BCUT2D eigenvalue weighted by Crippen LogP contribution is 2.13. The summed E-state index contributed by atoms with van der Waals surface area (Å²) < 4.78 is 0.814. The summed E-state index contributed by atoms with van der Waals surface area (Å²) in [6.45, 7) is 3.84. The van der Waals surface area contributed by atoms with Crippen molar-refractivity contribution in [1.82, 2.24) is 5.32 Å². The average Bonchev–Trinajstić information content (AvgIpc) is 2.34. The van der Waals surface area contributed by atoms with Crippen LogP contribution in [0.15, 0.2) is 28.7 Å². The van der Waals surface area contributed by atoms with Crippen molar-refractivity contribution < 1.29 is 9.59 Å². The number of carbonyl (C=O) groups excluding carboxylic acids is 2. The van der Waals surface area contributed by atoms with Crippen molar-refractivity contribution in [3.8, 4) is 0 Å². The first-order valence-electron chi connectivity index (χ1n) is 5.81. The van der Waals surface area contributed by atoms with Gasteiger partial charge < -0.3 is 11.1 Å². The van der Waals surface area contributed by atoms with Gasteiger partial charge in [0.1, 0.15) is 6.04 Å². The number of nitrogens with two attached hydrogens (primary N) is 1. The van der Waals surface area contributed by atoms with Crippen LogP contribution in [0.2, 0.25) is 0 Å². The number of halogens is 1. The molecule has 1 aromatic rings. The summed E-state index contributed by atoms with van der Waals surface area (Å²) in [5, 5.41) is 2.68. The van der Waals surface area contributed by atoms with Crippen LogP contribution >= 0.6 is 15.9 Å². The van der Waals surface area contributed by atoms with E-state index in [0.717, 1.165) is 10.9 Å². The van der Waals surface area contributed by atoms with Gasteiger partial charge in [-0.05, 0) is 24.1 Å². The molecule has 0 bridgehead atoms. The van der Waals surface area contributed by atoms with E-state index >= 15 is 0 Å². The molecule has 0 aromatic heterocycles. The highest BCUT2D eigenvalue weighted by Gasteiger charge is 2.23. The molecular weight excluding hydrogens is 296 g/mol. The number of rotatable bonds is 5. The number of hydrogen-bond donors (Lipinski definition) is 2. The number of amides is 2. The molecule has 18 heavy (non-hydrogen) atoms. The fourth-order valence-corrected chi connectivity index (χ4v) is 1.98. The fraction of sp³-hybridized carbons (Fsp3) is 0.385. The summed E-state index contributed by atoms with van der Waals surface area (Å²) in [4.78, 5) is 23.3. The van der Waals surface area contributed by atoms with Crippen LogP contribution in [-0.2, 0) is 4.79 Å². The summed E-state index contributed by atoms with van der Waals surface area (Å²) in [6, 6.07) is 6.35. The second kappa shape index (κ2) is 6.54. The molecule has 0 fully saturated rings. The van der Waals surface area contributed by atoms with Gasteiger partial charge in [-0.3, -0.25) is 9.59 Å². The van der Waals surface area contributed by atoms with Crippen molar-refractivity contribution in [2.45, 2.75) is 26.3 Å². The van der Waals surface area contributed by atoms with Gasteiger partial charge in [0.25, 0.3) is 5.91 Å². The number of primary amides is 1. The van der Waals surface area contributed by atoms with Crippen molar-refractivity contribution in [1.29, 1.82) is 0 Å². The van der Waals surface area contributed by atoms with Gasteiger partial charge in [-0.1, -0.05) is 42.3 Å². The van der Waals surface area contributed by atoms with E-state index in [2.05, 4.69) is 21.2 Å². The summed E-state index contributed by atoms with van der Waals surface area (Å²) in [5.41, 5.74) is 5.81. The molecule has 3 N–H and O–H groups in total. The Kier molecular flexibility index (Phi) is 5.34. The minimum atomic E-state index is -0.638. The molecule has 2 amide bonds. The lowest BCUT2D eigenvalue weighted by atomic mass is 9.98.